The van der Waals surface area contributed by atoms with E-state index in [-0.39, 0.29) is 18.4 Å². The van der Waals surface area contributed by atoms with E-state index < -0.39 is 17.8 Å². The van der Waals surface area contributed by atoms with Crippen molar-refractivity contribution in [3.63, 3.8) is 0 Å². The summed E-state index contributed by atoms with van der Waals surface area (Å²) >= 11 is 0. The summed E-state index contributed by atoms with van der Waals surface area (Å²) < 4.78 is 42.4. The summed E-state index contributed by atoms with van der Waals surface area (Å²) in [6, 6.07) is 4.83. The molecular formula is C14H19F3O2. The summed E-state index contributed by atoms with van der Waals surface area (Å²) in [6.07, 6.45) is -5.12. The molecule has 108 valence electrons. The van der Waals surface area contributed by atoms with E-state index in [9.17, 15) is 18.3 Å². The van der Waals surface area contributed by atoms with Crippen LogP contribution in [0.2, 0.25) is 0 Å². The van der Waals surface area contributed by atoms with Gasteiger partial charge in [0.25, 0.3) is 0 Å². The summed E-state index contributed by atoms with van der Waals surface area (Å²) in [5.74, 6) is 0.134. The Labute approximate surface area is 111 Å². The van der Waals surface area contributed by atoms with Crippen LogP contribution in [0.5, 0.6) is 0 Å². The summed E-state index contributed by atoms with van der Waals surface area (Å²) in [5.41, 5.74) is -0.0268. The Balaban J connectivity index is 2.73. The lowest BCUT2D eigenvalue weighted by atomic mass is 9.96. The molecule has 0 heterocycles. The Morgan fingerprint density at radius 2 is 1.68 bits per heavy atom. The van der Waals surface area contributed by atoms with E-state index in [1.165, 1.54) is 19.2 Å². The molecule has 0 spiro atoms. The van der Waals surface area contributed by atoms with Crippen LogP contribution in [0.25, 0.3) is 0 Å². The molecule has 2 atom stereocenters. The van der Waals surface area contributed by atoms with E-state index in [4.69, 9.17) is 4.74 Å². The molecule has 1 aromatic rings. The van der Waals surface area contributed by atoms with E-state index in [0.29, 0.717) is 5.56 Å². The maximum absolute atomic E-state index is 12.4. The maximum Gasteiger partial charge on any atom is 0.416 e. The quantitative estimate of drug-likeness (QED) is 0.894. The minimum absolute atomic E-state index is 0.134. The van der Waals surface area contributed by atoms with Crippen LogP contribution in [0.4, 0.5) is 13.2 Å². The van der Waals surface area contributed by atoms with Gasteiger partial charge in [-0.25, -0.2) is 0 Å². The lowest BCUT2D eigenvalue weighted by molar-refractivity contribution is -0.137. The number of hydrogen-bond donors (Lipinski definition) is 1. The van der Waals surface area contributed by atoms with Gasteiger partial charge in [0.05, 0.1) is 17.8 Å². The lowest BCUT2D eigenvalue weighted by Gasteiger charge is -2.25. The van der Waals surface area contributed by atoms with Crippen molar-refractivity contribution < 1.29 is 23.0 Å². The second kappa shape index (κ2) is 6.39. The third kappa shape index (κ3) is 4.51. The van der Waals surface area contributed by atoms with Gasteiger partial charge in [0, 0.05) is 13.5 Å². The molecular weight excluding hydrogens is 257 g/mol. The van der Waals surface area contributed by atoms with Gasteiger partial charge in [-0.2, -0.15) is 13.2 Å². The number of methoxy groups -OCH3 is 1. The van der Waals surface area contributed by atoms with Crippen molar-refractivity contribution >= 4 is 0 Å². The van der Waals surface area contributed by atoms with Gasteiger partial charge >= 0.3 is 6.18 Å². The van der Waals surface area contributed by atoms with Crippen LogP contribution in [0.3, 0.4) is 0 Å². The number of aliphatic hydroxyl groups is 1. The van der Waals surface area contributed by atoms with E-state index in [0.717, 1.165) is 12.1 Å². The van der Waals surface area contributed by atoms with E-state index in [1.807, 2.05) is 13.8 Å². The van der Waals surface area contributed by atoms with Crippen LogP contribution in [0.15, 0.2) is 24.3 Å². The average molecular weight is 276 g/mol. The molecule has 0 aliphatic rings. The van der Waals surface area contributed by atoms with E-state index >= 15 is 0 Å². The largest absolute Gasteiger partial charge is 0.416 e. The highest BCUT2D eigenvalue weighted by molar-refractivity contribution is 5.25. The monoisotopic (exact) mass is 276 g/mol. The molecule has 2 nitrogen and oxygen atoms in total. The first-order chi connectivity index (χ1) is 8.75. The van der Waals surface area contributed by atoms with Gasteiger partial charge in [-0.3, -0.25) is 0 Å². The van der Waals surface area contributed by atoms with Gasteiger partial charge in [0.1, 0.15) is 0 Å². The average Bonchev–Trinajstić information content (AvgIpc) is 2.28. The Hall–Kier alpha value is -1.07. The second-order valence-corrected chi connectivity index (χ2v) is 4.91. The standard InChI is InChI=1S/C14H19F3O2/c1-9(2)13(19-3)12(18)8-10-4-6-11(7-5-10)14(15,16)17/h4-7,9,12-13,18H,8H2,1-3H3. The molecule has 0 aliphatic carbocycles. The molecule has 1 N–H and O–H groups in total. The molecule has 0 amide bonds. The number of hydrogen-bond acceptors (Lipinski definition) is 2. The Morgan fingerprint density at radius 3 is 2.05 bits per heavy atom. The van der Waals surface area contributed by atoms with Gasteiger partial charge in [0.2, 0.25) is 0 Å². The molecule has 2 unspecified atom stereocenters. The number of aliphatic hydroxyl groups excluding tert-OH is 1. The highest BCUT2D eigenvalue weighted by Crippen LogP contribution is 2.29. The fourth-order valence-corrected chi connectivity index (χ4v) is 2.06. The van der Waals surface area contributed by atoms with Crippen molar-refractivity contribution in [1.82, 2.24) is 0 Å². The smallest absolute Gasteiger partial charge is 0.390 e. The molecule has 0 radical (unpaired) electrons. The summed E-state index contributed by atoms with van der Waals surface area (Å²) in [4.78, 5) is 0. The lowest BCUT2D eigenvalue weighted by Crippen LogP contribution is -2.34. The van der Waals surface area contributed by atoms with Crippen LogP contribution in [-0.4, -0.2) is 24.4 Å². The third-order valence-electron chi connectivity index (χ3n) is 3.03. The first-order valence-electron chi connectivity index (χ1n) is 6.12. The van der Waals surface area contributed by atoms with Crippen LogP contribution in [0, 0.1) is 5.92 Å². The van der Waals surface area contributed by atoms with Gasteiger partial charge in [-0.05, 0) is 23.6 Å². The topological polar surface area (TPSA) is 29.5 Å². The van der Waals surface area contributed by atoms with Crippen molar-refractivity contribution in [3.05, 3.63) is 35.4 Å². The number of rotatable bonds is 5. The van der Waals surface area contributed by atoms with Crippen molar-refractivity contribution in [2.75, 3.05) is 7.11 Å². The first kappa shape index (κ1) is 16.0. The Kier molecular flexibility index (Phi) is 5.38. The molecule has 0 saturated carbocycles. The van der Waals surface area contributed by atoms with Gasteiger partial charge in [-0.1, -0.05) is 26.0 Å². The predicted molar refractivity (Wildman–Crippen MR) is 66.8 cm³/mol. The molecule has 19 heavy (non-hydrogen) atoms. The molecule has 0 saturated heterocycles. The van der Waals surface area contributed by atoms with Crippen molar-refractivity contribution in [2.45, 2.75) is 38.7 Å². The van der Waals surface area contributed by atoms with Crippen molar-refractivity contribution in [2.24, 2.45) is 5.92 Å². The molecule has 0 bridgehead atoms. The maximum atomic E-state index is 12.4. The third-order valence-corrected chi connectivity index (χ3v) is 3.03. The number of alkyl halides is 3. The Morgan fingerprint density at radius 1 is 1.16 bits per heavy atom. The fourth-order valence-electron chi connectivity index (χ4n) is 2.06. The van der Waals surface area contributed by atoms with E-state index in [2.05, 4.69) is 0 Å². The van der Waals surface area contributed by atoms with E-state index in [1.54, 1.807) is 0 Å². The summed E-state index contributed by atoms with van der Waals surface area (Å²) in [6.45, 7) is 3.84. The zero-order valence-corrected chi connectivity index (χ0v) is 11.2. The molecule has 0 fully saturated rings. The zero-order valence-electron chi connectivity index (χ0n) is 11.2. The van der Waals surface area contributed by atoms with Crippen molar-refractivity contribution in [3.8, 4) is 0 Å². The van der Waals surface area contributed by atoms with Crippen LogP contribution in [-0.2, 0) is 17.3 Å². The normalized spacial score (nSPS) is 15.6. The minimum Gasteiger partial charge on any atom is -0.390 e. The van der Waals surface area contributed by atoms with Gasteiger partial charge < -0.3 is 9.84 Å². The number of ether oxygens (including phenoxy) is 1. The molecule has 1 aromatic carbocycles. The highest BCUT2D eigenvalue weighted by atomic mass is 19.4. The molecule has 0 aromatic heterocycles. The van der Waals surface area contributed by atoms with Crippen LogP contribution >= 0.6 is 0 Å². The highest BCUT2D eigenvalue weighted by Gasteiger charge is 2.30. The van der Waals surface area contributed by atoms with Gasteiger partial charge in [-0.15, -0.1) is 0 Å². The summed E-state index contributed by atoms with van der Waals surface area (Å²) in [7, 11) is 1.51. The van der Waals surface area contributed by atoms with Crippen molar-refractivity contribution in [1.29, 1.82) is 0 Å². The molecule has 1 rings (SSSR count). The number of benzene rings is 1. The van der Waals surface area contributed by atoms with Gasteiger partial charge in [0.15, 0.2) is 0 Å². The Bertz CT molecular complexity index is 385. The number of halogens is 3. The fraction of sp³-hybridized carbons (Fsp3) is 0.571. The SMILES string of the molecule is COC(C(C)C)C(O)Cc1ccc(C(F)(F)F)cc1. The second-order valence-electron chi connectivity index (χ2n) is 4.91. The zero-order chi connectivity index (χ0) is 14.6. The predicted octanol–water partition coefficient (Wildman–Crippen LogP) is 3.28. The molecule has 0 aliphatic heterocycles. The van der Waals surface area contributed by atoms with Crippen LogP contribution in [0.1, 0.15) is 25.0 Å². The first-order valence-corrected chi connectivity index (χ1v) is 6.12. The molecule has 5 heteroatoms. The summed E-state index contributed by atoms with van der Waals surface area (Å²) in [5, 5.41) is 10.0. The van der Waals surface area contributed by atoms with Crippen LogP contribution < -0.4 is 0 Å². The minimum atomic E-state index is -4.33.